The maximum absolute atomic E-state index is 13.1. The van der Waals surface area contributed by atoms with Crippen molar-refractivity contribution < 1.29 is 19.0 Å². The van der Waals surface area contributed by atoms with Crippen LogP contribution in [0.5, 0.6) is 0 Å². The normalized spacial score (nSPS) is 36.2. The van der Waals surface area contributed by atoms with Crippen LogP contribution in [0.2, 0.25) is 0 Å². The highest BCUT2D eigenvalue weighted by atomic mass is 19.3. The number of aliphatic hydroxyl groups is 2. The van der Waals surface area contributed by atoms with Crippen molar-refractivity contribution in [3.63, 3.8) is 0 Å². The molecule has 13 heavy (non-hydrogen) atoms. The zero-order valence-corrected chi connectivity index (χ0v) is 7.34. The van der Waals surface area contributed by atoms with E-state index in [1.807, 2.05) is 0 Å². The Morgan fingerprint density at radius 2 is 2.08 bits per heavy atom. The molecule has 0 amide bonds. The lowest BCUT2D eigenvalue weighted by atomic mass is 9.76. The first kappa shape index (κ1) is 10.8. The van der Waals surface area contributed by atoms with Gasteiger partial charge in [-0.2, -0.15) is 0 Å². The number of nitrogens with two attached hydrogens (primary N) is 1. The molecular weight excluding hydrogens is 180 g/mol. The van der Waals surface area contributed by atoms with Crippen LogP contribution in [0.4, 0.5) is 8.78 Å². The Balaban J connectivity index is 2.83. The van der Waals surface area contributed by atoms with Gasteiger partial charge in [0.15, 0.2) is 0 Å². The van der Waals surface area contributed by atoms with Gasteiger partial charge in [-0.25, -0.2) is 8.78 Å². The second-order valence-corrected chi connectivity index (χ2v) is 3.64. The Labute approximate surface area is 75.5 Å². The standard InChI is InChI=1S/C8H15F2NO2/c9-8(10,5-12)7(13)4-2-1-3-6(7)11/h6,12-13H,1-5,11H2. The molecule has 1 rings (SSSR count). The van der Waals surface area contributed by atoms with Crippen LogP contribution in [0.3, 0.4) is 0 Å². The van der Waals surface area contributed by atoms with E-state index in [-0.39, 0.29) is 6.42 Å². The SMILES string of the molecule is NC1CCCCC1(O)C(F)(F)CO. The molecule has 1 saturated carbocycles. The van der Waals surface area contributed by atoms with Crippen molar-refractivity contribution in [2.24, 2.45) is 5.73 Å². The number of hydrogen-bond donors (Lipinski definition) is 3. The zero-order chi connectivity index (χ0) is 10.1. The highest BCUT2D eigenvalue weighted by Crippen LogP contribution is 2.39. The van der Waals surface area contributed by atoms with Crippen molar-refractivity contribution >= 4 is 0 Å². The van der Waals surface area contributed by atoms with E-state index in [1.54, 1.807) is 0 Å². The molecule has 2 unspecified atom stereocenters. The Hall–Kier alpha value is -0.260. The average Bonchev–Trinajstić information content (AvgIpc) is 2.10. The van der Waals surface area contributed by atoms with Crippen LogP contribution in [0.25, 0.3) is 0 Å². The van der Waals surface area contributed by atoms with Gasteiger partial charge in [0.25, 0.3) is 5.92 Å². The number of alkyl halides is 2. The van der Waals surface area contributed by atoms with E-state index in [1.165, 1.54) is 0 Å². The Morgan fingerprint density at radius 3 is 2.54 bits per heavy atom. The number of rotatable bonds is 2. The fourth-order valence-corrected chi connectivity index (χ4v) is 1.77. The smallest absolute Gasteiger partial charge is 0.300 e. The van der Waals surface area contributed by atoms with Crippen molar-refractivity contribution in [3.05, 3.63) is 0 Å². The van der Waals surface area contributed by atoms with Gasteiger partial charge in [0.2, 0.25) is 0 Å². The predicted octanol–water partition coefficient (Wildman–Crippen LogP) is 0.246. The molecular formula is C8H15F2NO2. The van der Waals surface area contributed by atoms with Crippen molar-refractivity contribution in [1.82, 2.24) is 0 Å². The van der Waals surface area contributed by atoms with E-state index in [0.29, 0.717) is 12.8 Å². The largest absolute Gasteiger partial charge is 0.390 e. The molecule has 0 aromatic carbocycles. The van der Waals surface area contributed by atoms with E-state index >= 15 is 0 Å². The molecule has 2 atom stereocenters. The third-order valence-electron chi connectivity index (χ3n) is 2.77. The maximum Gasteiger partial charge on any atom is 0.300 e. The molecule has 0 spiro atoms. The third kappa shape index (κ3) is 1.68. The monoisotopic (exact) mass is 195 g/mol. The Bertz CT molecular complexity index is 189. The highest BCUT2D eigenvalue weighted by Gasteiger charge is 2.56. The van der Waals surface area contributed by atoms with Gasteiger partial charge in [0, 0.05) is 6.04 Å². The first-order valence-electron chi connectivity index (χ1n) is 4.41. The van der Waals surface area contributed by atoms with Crippen molar-refractivity contribution in [3.8, 4) is 0 Å². The molecule has 4 N–H and O–H groups in total. The van der Waals surface area contributed by atoms with Gasteiger partial charge in [-0.3, -0.25) is 0 Å². The first-order chi connectivity index (χ1) is 5.94. The van der Waals surface area contributed by atoms with Gasteiger partial charge in [-0.1, -0.05) is 12.8 Å². The highest BCUT2D eigenvalue weighted by molar-refractivity contribution is 5.02. The lowest BCUT2D eigenvalue weighted by Crippen LogP contribution is -2.62. The quantitative estimate of drug-likeness (QED) is 0.591. The fraction of sp³-hybridized carbons (Fsp3) is 1.00. The van der Waals surface area contributed by atoms with Crippen LogP contribution in [0.1, 0.15) is 25.7 Å². The van der Waals surface area contributed by atoms with E-state index in [2.05, 4.69) is 0 Å². The molecule has 1 aliphatic carbocycles. The lowest BCUT2D eigenvalue weighted by molar-refractivity contribution is -0.219. The molecule has 0 aliphatic heterocycles. The van der Waals surface area contributed by atoms with Gasteiger partial charge in [0.1, 0.15) is 12.2 Å². The molecule has 1 fully saturated rings. The number of halogens is 2. The second-order valence-electron chi connectivity index (χ2n) is 3.64. The topological polar surface area (TPSA) is 66.5 Å². The summed E-state index contributed by atoms with van der Waals surface area (Å²) in [5.74, 6) is -3.49. The van der Waals surface area contributed by atoms with Crippen LogP contribution >= 0.6 is 0 Å². The van der Waals surface area contributed by atoms with Crippen LogP contribution < -0.4 is 5.73 Å². The Morgan fingerprint density at radius 1 is 1.46 bits per heavy atom. The summed E-state index contributed by atoms with van der Waals surface area (Å²) in [6, 6.07) is -0.941. The first-order valence-corrected chi connectivity index (χ1v) is 4.41. The van der Waals surface area contributed by atoms with Crippen LogP contribution in [-0.4, -0.2) is 34.4 Å². The molecule has 0 bridgehead atoms. The van der Waals surface area contributed by atoms with Gasteiger partial charge in [-0.05, 0) is 12.8 Å². The maximum atomic E-state index is 13.1. The van der Waals surface area contributed by atoms with Crippen molar-refractivity contribution in [2.45, 2.75) is 43.2 Å². The minimum absolute atomic E-state index is 0.0400. The number of aliphatic hydroxyl groups excluding tert-OH is 1. The van der Waals surface area contributed by atoms with Gasteiger partial charge < -0.3 is 15.9 Å². The van der Waals surface area contributed by atoms with Gasteiger partial charge in [0.05, 0.1) is 0 Å². The minimum atomic E-state index is -3.49. The molecule has 0 aromatic rings. The molecule has 78 valence electrons. The summed E-state index contributed by atoms with van der Waals surface area (Å²) in [7, 11) is 0. The molecule has 0 saturated heterocycles. The second kappa shape index (κ2) is 3.48. The molecule has 0 heterocycles. The summed E-state index contributed by atoms with van der Waals surface area (Å²) in [4.78, 5) is 0. The summed E-state index contributed by atoms with van der Waals surface area (Å²) in [5, 5.41) is 18.1. The number of hydrogen-bond acceptors (Lipinski definition) is 3. The summed E-state index contributed by atoms with van der Waals surface area (Å²) < 4.78 is 26.2. The summed E-state index contributed by atoms with van der Waals surface area (Å²) in [6.45, 7) is -1.35. The average molecular weight is 195 g/mol. The summed E-state index contributed by atoms with van der Waals surface area (Å²) >= 11 is 0. The summed E-state index contributed by atoms with van der Waals surface area (Å²) in [5.41, 5.74) is 3.21. The van der Waals surface area contributed by atoms with Gasteiger partial charge in [-0.15, -0.1) is 0 Å². The Kier molecular flexibility index (Phi) is 2.89. The van der Waals surface area contributed by atoms with Crippen molar-refractivity contribution in [1.29, 1.82) is 0 Å². The molecule has 0 aromatic heterocycles. The van der Waals surface area contributed by atoms with Crippen LogP contribution in [-0.2, 0) is 0 Å². The molecule has 5 heteroatoms. The van der Waals surface area contributed by atoms with E-state index < -0.39 is 24.2 Å². The predicted molar refractivity (Wildman–Crippen MR) is 43.4 cm³/mol. The van der Waals surface area contributed by atoms with Crippen molar-refractivity contribution in [2.75, 3.05) is 6.61 Å². The van der Waals surface area contributed by atoms with Crippen LogP contribution in [0, 0.1) is 0 Å². The molecule has 1 aliphatic rings. The minimum Gasteiger partial charge on any atom is -0.390 e. The molecule has 3 nitrogen and oxygen atoms in total. The zero-order valence-electron chi connectivity index (χ0n) is 7.34. The summed E-state index contributed by atoms with van der Waals surface area (Å²) in [6.07, 6.45) is 1.62. The third-order valence-corrected chi connectivity index (χ3v) is 2.77. The lowest BCUT2D eigenvalue weighted by Gasteiger charge is -2.42. The van der Waals surface area contributed by atoms with E-state index in [0.717, 1.165) is 6.42 Å². The molecule has 0 radical (unpaired) electrons. The van der Waals surface area contributed by atoms with E-state index in [4.69, 9.17) is 10.8 Å². The fourth-order valence-electron chi connectivity index (χ4n) is 1.77. The van der Waals surface area contributed by atoms with Gasteiger partial charge >= 0.3 is 0 Å². The van der Waals surface area contributed by atoms with Crippen LogP contribution in [0.15, 0.2) is 0 Å². The van der Waals surface area contributed by atoms with E-state index in [9.17, 15) is 13.9 Å².